The topological polar surface area (TPSA) is 86.6 Å². The Morgan fingerprint density at radius 2 is 1.85 bits per heavy atom. The van der Waals surface area contributed by atoms with Crippen molar-refractivity contribution in [3.8, 4) is 0 Å². The molecule has 1 atom stereocenters. The van der Waals surface area contributed by atoms with Crippen molar-refractivity contribution in [2.45, 2.75) is 64.9 Å². The number of carbonyl (C=O) groups excluding carboxylic acids is 1. The third kappa shape index (κ3) is 4.78. The van der Waals surface area contributed by atoms with Crippen molar-refractivity contribution in [2.24, 2.45) is 11.3 Å². The van der Waals surface area contributed by atoms with E-state index < -0.39 is 17.0 Å². The summed E-state index contributed by atoms with van der Waals surface area (Å²) in [6, 6.07) is 0. The van der Waals surface area contributed by atoms with Gasteiger partial charge in [0, 0.05) is 13.0 Å². The summed E-state index contributed by atoms with van der Waals surface area (Å²) in [5.74, 6) is -0.820. The van der Waals surface area contributed by atoms with E-state index in [9.17, 15) is 19.8 Å². The second-order valence-electron chi connectivity index (χ2n) is 6.84. The second-order valence-corrected chi connectivity index (χ2v) is 6.84. The predicted octanol–water partition coefficient (Wildman–Crippen LogP) is 1.93. The zero-order valence-corrected chi connectivity index (χ0v) is 12.7. The van der Waals surface area contributed by atoms with Crippen LogP contribution in [-0.2, 0) is 9.59 Å². The van der Waals surface area contributed by atoms with E-state index in [0.29, 0.717) is 25.2 Å². The van der Waals surface area contributed by atoms with Crippen molar-refractivity contribution in [1.82, 2.24) is 5.32 Å². The van der Waals surface area contributed by atoms with Crippen LogP contribution in [-0.4, -0.2) is 34.2 Å². The Hall–Kier alpha value is -1.10. The summed E-state index contributed by atoms with van der Waals surface area (Å²) in [5, 5.41) is 22.1. The highest BCUT2D eigenvalue weighted by Gasteiger charge is 2.43. The molecule has 0 saturated heterocycles. The molecule has 0 radical (unpaired) electrons. The molecule has 5 heteroatoms. The summed E-state index contributed by atoms with van der Waals surface area (Å²) in [7, 11) is 0. The van der Waals surface area contributed by atoms with Crippen molar-refractivity contribution in [3.05, 3.63) is 0 Å². The van der Waals surface area contributed by atoms with Gasteiger partial charge in [-0.1, -0.05) is 26.7 Å². The maximum Gasteiger partial charge on any atom is 0.310 e. The third-order valence-corrected chi connectivity index (χ3v) is 4.03. The molecule has 0 aromatic heterocycles. The molecule has 0 aromatic rings. The molecule has 5 nitrogen and oxygen atoms in total. The number of carboxylic acids is 1. The molecule has 0 aliphatic heterocycles. The number of aliphatic hydroxyl groups is 1. The predicted molar refractivity (Wildman–Crippen MR) is 76.2 cm³/mol. The molecule has 0 bridgehead atoms. The van der Waals surface area contributed by atoms with E-state index in [1.165, 1.54) is 0 Å². The van der Waals surface area contributed by atoms with E-state index in [1.807, 2.05) is 13.8 Å². The number of carbonyl (C=O) groups is 2. The highest BCUT2D eigenvalue weighted by Crippen LogP contribution is 2.41. The van der Waals surface area contributed by atoms with Crippen molar-refractivity contribution in [3.63, 3.8) is 0 Å². The lowest BCUT2D eigenvalue weighted by molar-refractivity contribution is -0.151. The summed E-state index contributed by atoms with van der Waals surface area (Å²) in [4.78, 5) is 23.3. The van der Waals surface area contributed by atoms with Crippen molar-refractivity contribution in [1.29, 1.82) is 0 Å². The third-order valence-electron chi connectivity index (χ3n) is 4.03. The molecule has 1 amide bonds. The minimum absolute atomic E-state index is 0.0140. The van der Waals surface area contributed by atoms with Crippen LogP contribution >= 0.6 is 0 Å². The molecule has 0 spiro atoms. The molecule has 1 aliphatic rings. The van der Waals surface area contributed by atoms with Crippen LogP contribution in [0.1, 0.15) is 59.3 Å². The zero-order valence-electron chi connectivity index (χ0n) is 12.7. The molecule has 1 unspecified atom stereocenters. The first-order chi connectivity index (χ1) is 9.17. The van der Waals surface area contributed by atoms with Crippen molar-refractivity contribution >= 4 is 11.9 Å². The summed E-state index contributed by atoms with van der Waals surface area (Å²) < 4.78 is 0. The van der Waals surface area contributed by atoms with Crippen LogP contribution in [0.5, 0.6) is 0 Å². The standard InChI is InChI=1S/C15H27NO4/c1-11(2)8-14(3,20)10-16-12(17)9-15(13(18)19)6-4-5-7-15/h11,20H,4-10H2,1-3H3,(H,16,17)(H,18,19). The van der Waals surface area contributed by atoms with Gasteiger partial charge in [0.2, 0.25) is 5.91 Å². The number of carboxylic acid groups (broad SMARTS) is 1. The lowest BCUT2D eigenvalue weighted by atomic mass is 9.82. The van der Waals surface area contributed by atoms with Gasteiger partial charge in [0.05, 0.1) is 11.0 Å². The zero-order chi connectivity index (χ0) is 15.4. The van der Waals surface area contributed by atoms with Crippen LogP contribution in [0.4, 0.5) is 0 Å². The van der Waals surface area contributed by atoms with Gasteiger partial charge >= 0.3 is 5.97 Å². The molecule has 116 valence electrons. The van der Waals surface area contributed by atoms with Gasteiger partial charge in [-0.25, -0.2) is 0 Å². The summed E-state index contributed by atoms with van der Waals surface area (Å²) in [6.07, 6.45) is 3.48. The lowest BCUT2D eigenvalue weighted by Crippen LogP contribution is -2.43. The second kappa shape index (κ2) is 6.57. The molecule has 1 saturated carbocycles. The van der Waals surface area contributed by atoms with Crippen LogP contribution in [0.25, 0.3) is 0 Å². The van der Waals surface area contributed by atoms with Crippen LogP contribution < -0.4 is 5.32 Å². The first-order valence-corrected chi connectivity index (χ1v) is 7.39. The molecular weight excluding hydrogens is 258 g/mol. The van der Waals surface area contributed by atoms with Gasteiger partial charge in [-0.05, 0) is 32.1 Å². The summed E-state index contributed by atoms with van der Waals surface area (Å²) in [5.41, 5.74) is -1.84. The van der Waals surface area contributed by atoms with E-state index in [-0.39, 0.29) is 18.9 Å². The smallest absolute Gasteiger partial charge is 0.310 e. The molecule has 1 aliphatic carbocycles. The van der Waals surface area contributed by atoms with Gasteiger partial charge < -0.3 is 15.5 Å². The average molecular weight is 285 g/mol. The minimum Gasteiger partial charge on any atom is -0.481 e. The Morgan fingerprint density at radius 1 is 1.30 bits per heavy atom. The van der Waals surface area contributed by atoms with E-state index in [2.05, 4.69) is 5.32 Å². The number of amides is 1. The molecule has 0 heterocycles. The lowest BCUT2D eigenvalue weighted by Gasteiger charge is -2.27. The Bertz CT molecular complexity index is 357. The first-order valence-electron chi connectivity index (χ1n) is 7.39. The largest absolute Gasteiger partial charge is 0.481 e. The van der Waals surface area contributed by atoms with Crippen molar-refractivity contribution in [2.75, 3.05) is 6.54 Å². The Labute approximate surface area is 120 Å². The van der Waals surface area contributed by atoms with Gasteiger partial charge in [0.1, 0.15) is 0 Å². The van der Waals surface area contributed by atoms with Crippen molar-refractivity contribution < 1.29 is 19.8 Å². The van der Waals surface area contributed by atoms with Gasteiger partial charge in [0.25, 0.3) is 0 Å². The fourth-order valence-electron chi connectivity index (χ4n) is 3.13. The Balaban J connectivity index is 2.49. The highest BCUT2D eigenvalue weighted by molar-refractivity contribution is 5.85. The molecule has 3 N–H and O–H groups in total. The monoisotopic (exact) mass is 285 g/mol. The normalized spacial score (nSPS) is 20.6. The number of aliphatic carboxylic acids is 1. The maximum atomic E-state index is 12.0. The Kier molecular flexibility index (Phi) is 5.57. The summed E-state index contributed by atoms with van der Waals surface area (Å²) in [6.45, 7) is 5.87. The van der Waals surface area contributed by atoms with E-state index in [4.69, 9.17) is 0 Å². The van der Waals surface area contributed by atoms with Gasteiger partial charge in [-0.2, -0.15) is 0 Å². The van der Waals surface area contributed by atoms with E-state index >= 15 is 0 Å². The maximum absolute atomic E-state index is 12.0. The molecule has 20 heavy (non-hydrogen) atoms. The van der Waals surface area contributed by atoms with E-state index in [0.717, 1.165) is 12.8 Å². The van der Waals surface area contributed by atoms with Gasteiger partial charge in [-0.3, -0.25) is 9.59 Å². The molecule has 0 aromatic carbocycles. The average Bonchev–Trinajstić information content (AvgIpc) is 2.75. The Morgan fingerprint density at radius 3 is 2.30 bits per heavy atom. The number of nitrogens with one attached hydrogen (secondary N) is 1. The van der Waals surface area contributed by atoms with Gasteiger partial charge in [-0.15, -0.1) is 0 Å². The summed E-state index contributed by atoms with van der Waals surface area (Å²) >= 11 is 0. The van der Waals surface area contributed by atoms with E-state index in [1.54, 1.807) is 6.92 Å². The number of hydrogen-bond acceptors (Lipinski definition) is 3. The SMILES string of the molecule is CC(C)CC(C)(O)CNC(=O)CC1(C(=O)O)CCCC1. The fraction of sp³-hybridized carbons (Fsp3) is 0.867. The quantitative estimate of drug-likeness (QED) is 0.667. The van der Waals surface area contributed by atoms with Crippen LogP contribution in [0, 0.1) is 11.3 Å². The van der Waals surface area contributed by atoms with Crippen LogP contribution in [0.3, 0.4) is 0 Å². The highest BCUT2D eigenvalue weighted by atomic mass is 16.4. The molecular formula is C15H27NO4. The number of hydrogen-bond donors (Lipinski definition) is 3. The van der Waals surface area contributed by atoms with Crippen LogP contribution in [0.15, 0.2) is 0 Å². The molecule has 1 rings (SSSR count). The fourth-order valence-corrected chi connectivity index (χ4v) is 3.13. The number of rotatable bonds is 7. The first kappa shape index (κ1) is 17.0. The minimum atomic E-state index is -0.949. The van der Waals surface area contributed by atoms with Gasteiger partial charge in [0.15, 0.2) is 0 Å². The van der Waals surface area contributed by atoms with Crippen LogP contribution in [0.2, 0.25) is 0 Å². The molecule has 1 fully saturated rings.